The van der Waals surface area contributed by atoms with E-state index in [1.54, 1.807) is 6.07 Å². The van der Waals surface area contributed by atoms with Crippen molar-refractivity contribution in [2.75, 3.05) is 39.5 Å². The average Bonchev–Trinajstić information content (AvgIpc) is 3.06. The lowest BCUT2D eigenvalue weighted by molar-refractivity contribution is 0.0344. The minimum atomic E-state index is -0.278. The first-order valence-corrected chi connectivity index (χ1v) is 9.85. The Kier molecular flexibility index (Phi) is 6.11. The van der Waals surface area contributed by atoms with Crippen LogP contribution in [0.2, 0.25) is 0 Å². The summed E-state index contributed by atoms with van der Waals surface area (Å²) < 4.78 is 26.8. The molecule has 146 valence electrons. The van der Waals surface area contributed by atoms with Gasteiger partial charge in [0, 0.05) is 31.8 Å². The molecule has 1 aliphatic heterocycles. The van der Waals surface area contributed by atoms with Crippen LogP contribution in [0.3, 0.4) is 0 Å². The lowest BCUT2D eigenvalue weighted by Gasteiger charge is -2.26. The molecule has 0 atom stereocenters. The Labute approximate surface area is 159 Å². The van der Waals surface area contributed by atoms with Crippen molar-refractivity contribution in [1.82, 2.24) is 19.7 Å². The SMILES string of the molecule is Fc1cccc(-c2nc(COCC3CCC3)n(CCN3CCOCC3)n2)c1. The molecule has 1 saturated carbocycles. The summed E-state index contributed by atoms with van der Waals surface area (Å²) in [5, 5.41) is 4.64. The standard InChI is InChI=1S/C20H27FN4O2/c21-18-6-2-5-17(13-18)20-22-19(15-27-14-16-3-1-4-16)25(23-20)8-7-24-9-11-26-12-10-24/h2,5-6,13,16H,1,3-4,7-12,14-15H2. The zero-order valence-electron chi connectivity index (χ0n) is 15.6. The van der Waals surface area contributed by atoms with Gasteiger partial charge in [-0.05, 0) is 30.9 Å². The molecule has 1 saturated heterocycles. The van der Waals surface area contributed by atoms with Crippen molar-refractivity contribution in [1.29, 1.82) is 0 Å². The second-order valence-electron chi connectivity index (χ2n) is 7.35. The first-order chi connectivity index (χ1) is 13.3. The van der Waals surface area contributed by atoms with Crippen LogP contribution in [0.15, 0.2) is 24.3 Å². The maximum Gasteiger partial charge on any atom is 0.181 e. The van der Waals surface area contributed by atoms with Crippen LogP contribution in [0.5, 0.6) is 0 Å². The number of aromatic nitrogens is 3. The fraction of sp³-hybridized carbons (Fsp3) is 0.600. The van der Waals surface area contributed by atoms with Crippen LogP contribution in [-0.4, -0.2) is 59.1 Å². The molecule has 4 rings (SSSR count). The number of ether oxygens (including phenoxy) is 2. The monoisotopic (exact) mass is 374 g/mol. The molecule has 7 heteroatoms. The third-order valence-electron chi connectivity index (χ3n) is 5.37. The van der Waals surface area contributed by atoms with Crippen molar-refractivity contribution in [3.63, 3.8) is 0 Å². The van der Waals surface area contributed by atoms with Crippen molar-refractivity contribution >= 4 is 0 Å². The molecule has 6 nitrogen and oxygen atoms in total. The van der Waals surface area contributed by atoms with Gasteiger partial charge in [-0.2, -0.15) is 5.10 Å². The van der Waals surface area contributed by atoms with Crippen LogP contribution in [0.1, 0.15) is 25.1 Å². The van der Waals surface area contributed by atoms with Gasteiger partial charge >= 0.3 is 0 Å². The summed E-state index contributed by atoms with van der Waals surface area (Å²) in [6.45, 7) is 6.31. The van der Waals surface area contributed by atoms with Gasteiger partial charge < -0.3 is 9.47 Å². The molecule has 2 aromatic rings. The van der Waals surface area contributed by atoms with Crippen LogP contribution in [0.4, 0.5) is 4.39 Å². The fourth-order valence-corrected chi connectivity index (χ4v) is 3.45. The lowest BCUT2D eigenvalue weighted by Crippen LogP contribution is -2.38. The Balaban J connectivity index is 1.45. The number of morpholine rings is 1. The summed E-state index contributed by atoms with van der Waals surface area (Å²) in [5.74, 6) is 1.78. The zero-order valence-corrected chi connectivity index (χ0v) is 15.6. The highest BCUT2D eigenvalue weighted by atomic mass is 19.1. The summed E-state index contributed by atoms with van der Waals surface area (Å²) in [5.41, 5.74) is 0.695. The normalized spacial score (nSPS) is 18.6. The molecule has 1 aliphatic carbocycles. The summed E-state index contributed by atoms with van der Waals surface area (Å²) in [6.07, 6.45) is 3.84. The highest BCUT2D eigenvalue weighted by Gasteiger charge is 2.19. The number of hydrogen-bond donors (Lipinski definition) is 0. The lowest BCUT2D eigenvalue weighted by atomic mass is 9.86. The molecule has 1 aromatic heterocycles. The smallest absolute Gasteiger partial charge is 0.181 e. The molecule has 27 heavy (non-hydrogen) atoms. The second-order valence-corrected chi connectivity index (χ2v) is 7.35. The number of halogens is 1. The predicted molar refractivity (Wildman–Crippen MR) is 99.7 cm³/mol. The van der Waals surface area contributed by atoms with E-state index in [0.29, 0.717) is 23.9 Å². The first-order valence-electron chi connectivity index (χ1n) is 9.85. The van der Waals surface area contributed by atoms with Gasteiger partial charge in [-0.3, -0.25) is 4.90 Å². The molecule has 0 radical (unpaired) electrons. The predicted octanol–water partition coefficient (Wildman–Crippen LogP) is 2.73. The maximum absolute atomic E-state index is 13.6. The average molecular weight is 374 g/mol. The van der Waals surface area contributed by atoms with E-state index in [9.17, 15) is 4.39 Å². The minimum absolute atomic E-state index is 0.278. The van der Waals surface area contributed by atoms with Gasteiger partial charge in [-0.25, -0.2) is 14.1 Å². The van der Waals surface area contributed by atoms with E-state index in [-0.39, 0.29) is 5.82 Å². The number of rotatable bonds is 8. The van der Waals surface area contributed by atoms with E-state index in [4.69, 9.17) is 9.47 Å². The number of nitrogens with zero attached hydrogens (tertiary/aromatic N) is 4. The third-order valence-corrected chi connectivity index (χ3v) is 5.37. The van der Waals surface area contributed by atoms with Crippen molar-refractivity contribution in [2.45, 2.75) is 32.4 Å². The van der Waals surface area contributed by atoms with Crippen molar-refractivity contribution in [2.24, 2.45) is 5.92 Å². The molecule has 2 fully saturated rings. The van der Waals surface area contributed by atoms with E-state index < -0.39 is 0 Å². The molecule has 0 unspecified atom stereocenters. The van der Waals surface area contributed by atoms with Gasteiger partial charge in [0.1, 0.15) is 12.4 Å². The van der Waals surface area contributed by atoms with Gasteiger partial charge in [-0.1, -0.05) is 18.6 Å². The molecule has 1 aromatic carbocycles. The molecule has 2 heterocycles. The molecular weight excluding hydrogens is 347 g/mol. The van der Waals surface area contributed by atoms with E-state index in [1.165, 1.54) is 31.4 Å². The van der Waals surface area contributed by atoms with Crippen LogP contribution in [-0.2, 0) is 22.6 Å². The second kappa shape index (κ2) is 8.91. The molecule has 0 spiro atoms. The highest BCUT2D eigenvalue weighted by Crippen LogP contribution is 2.26. The van der Waals surface area contributed by atoms with E-state index in [1.807, 2.05) is 10.7 Å². The summed E-state index contributed by atoms with van der Waals surface area (Å²) >= 11 is 0. The Morgan fingerprint density at radius 3 is 2.78 bits per heavy atom. The molecule has 0 amide bonds. The van der Waals surface area contributed by atoms with E-state index in [2.05, 4.69) is 15.0 Å². The molecular formula is C20H27FN4O2. The molecule has 0 N–H and O–H groups in total. The van der Waals surface area contributed by atoms with Crippen LogP contribution < -0.4 is 0 Å². The minimum Gasteiger partial charge on any atom is -0.379 e. The quantitative estimate of drug-likeness (QED) is 0.711. The zero-order chi connectivity index (χ0) is 18.5. The third kappa shape index (κ3) is 4.91. The van der Waals surface area contributed by atoms with Gasteiger partial charge in [0.2, 0.25) is 0 Å². The van der Waals surface area contributed by atoms with Crippen molar-refractivity contribution in [3.05, 3.63) is 35.9 Å². The largest absolute Gasteiger partial charge is 0.379 e. The Hall–Kier alpha value is -1.83. The van der Waals surface area contributed by atoms with E-state index in [0.717, 1.165) is 51.8 Å². The van der Waals surface area contributed by atoms with Crippen LogP contribution in [0.25, 0.3) is 11.4 Å². The van der Waals surface area contributed by atoms with Crippen LogP contribution >= 0.6 is 0 Å². The number of hydrogen-bond acceptors (Lipinski definition) is 5. The van der Waals surface area contributed by atoms with Gasteiger partial charge in [-0.15, -0.1) is 0 Å². The highest BCUT2D eigenvalue weighted by molar-refractivity contribution is 5.54. The van der Waals surface area contributed by atoms with Crippen molar-refractivity contribution in [3.8, 4) is 11.4 Å². The van der Waals surface area contributed by atoms with Crippen molar-refractivity contribution < 1.29 is 13.9 Å². The summed E-state index contributed by atoms with van der Waals surface area (Å²) in [4.78, 5) is 7.01. The molecule has 2 aliphatic rings. The van der Waals surface area contributed by atoms with Gasteiger partial charge in [0.25, 0.3) is 0 Å². The Morgan fingerprint density at radius 1 is 1.19 bits per heavy atom. The number of benzene rings is 1. The van der Waals surface area contributed by atoms with E-state index >= 15 is 0 Å². The Bertz CT molecular complexity index is 741. The van der Waals surface area contributed by atoms with Gasteiger partial charge in [0.15, 0.2) is 11.6 Å². The topological polar surface area (TPSA) is 52.4 Å². The summed E-state index contributed by atoms with van der Waals surface area (Å²) in [6, 6.07) is 6.43. The van der Waals surface area contributed by atoms with Gasteiger partial charge in [0.05, 0.1) is 19.8 Å². The maximum atomic E-state index is 13.6. The first kappa shape index (κ1) is 18.5. The fourth-order valence-electron chi connectivity index (χ4n) is 3.45. The Morgan fingerprint density at radius 2 is 2.04 bits per heavy atom. The summed E-state index contributed by atoms with van der Waals surface area (Å²) in [7, 11) is 0. The molecule has 0 bridgehead atoms. The van der Waals surface area contributed by atoms with Crippen LogP contribution in [0, 0.1) is 11.7 Å².